The fourth-order valence-corrected chi connectivity index (χ4v) is 9.98. The molecule has 0 aliphatic heterocycles. The van der Waals surface area contributed by atoms with Crippen LogP contribution in [0.25, 0.3) is 0 Å². The van der Waals surface area contributed by atoms with E-state index >= 15 is 0 Å². The number of esters is 3. The average molecular weight is 1150 g/mol. The van der Waals surface area contributed by atoms with Gasteiger partial charge in [0.15, 0.2) is 6.10 Å². The second kappa shape index (κ2) is 70.6. The normalized spacial score (nSPS) is 12.8. The number of carbonyl (C=O) groups excluding carboxylic acids is 3. The second-order valence-corrected chi connectivity index (χ2v) is 23.4. The minimum Gasteiger partial charge on any atom is -0.462 e. The molecule has 0 aliphatic rings. The van der Waals surface area contributed by atoms with E-state index in [1.807, 2.05) is 6.08 Å². The van der Waals surface area contributed by atoms with Crippen molar-refractivity contribution in [3.05, 3.63) is 109 Å². The molecule has 6 heteroatoms. The summed E-state index contributed by atoms with van der Waals surface area (Å²) < 4.78 is 16.9. The van der Waals surface area contributed by atoms with Crippen LogP contribution in [0, 0.1) is 0 Å². The maximum atomic E-state index is 12.9. The van der Waals surface area contributed by atoms with Crippen LogP contribution >= 0.6 is 0 Å². The van der Waals surface area contributed by atoms with E-state index in [-0.39, 0.29) is 31.6 Å². The van der Waals surface area contributed by atoms with Gasteiger partial charge in [-0.1, -0.05) is 323 Å². The molecule has 0 bridgehead atoms. The molecule has 0 radical (unpaired) electrons. The topological polar surface area (TPSA) is 78.9 Å². The van der Waals surface area contributed by atoms with Gasteiger partial charge in [-0.3, -0.25) is 14.4 Å². The summed E-state index contributed by atoms with van der Waals surface area (Å²) in [6, 6.07) is 0. The molecular weight excluding hydrogens is 1020 g/mol. The molecule has 6 nitrogen and oxygen atoms in total. The quantitative estimate of drug-likeness (QED) is 0.0261. The van der Waals surface area contributed by atoms with Crippen molar-refractivity contribution >= 4 is 17.9 Å². The molecule has 0 heterocycles. The number of rotatable bonds is 64. The van der Waals surface area contributed by atoms with E-state index in [2.05, 4.69) is 124 Å². The first kappa shape index (κ1) is 79.1. The molecule has 0 aromatic carbocycles. The van der Waals surface area contributed by atoms with E-state index in [9.17, 15) is 14.4 Å². The molecule has 0 aliphatic carbocycles. The zero-order chi connectivity index (χ0) is 59.9. The maximum absolute atomic E-state index is 12.9. The molecular formula is C77H132O6. The third kappa shape index (κ3) is 68.7. The predicted molar refractivity (Wildman–Crippen MR) is 362 cm³/mol. The van der Waals surface area contributed by atoms with Crippen LogP contribution in [0.3, 0.4) is 0 Å². The van der Waals surface area contributed by atoms with Crippen LogP contribution in [0.1, 0.15) is 342 Å². The van der Waals surface area contributed by atoms with Gasteiger partial charge in [0.05, 0.1) is 0 Å². The van der Waals surface area contributed by atoms with Gasteiger partial charge in [0.1, 0.15) is 13.2 Å². The fourth-order valence-electron chi connectivity index (χ4n) is 9.98. The first-order valence-corrected chi connectivity index (χ1v) is 35.4. The average Bonchev–Trinajstić information content (AvgIpc) is 3.49. The summed E-state index contributed by atoms with van der Waals surface area (Å²) >= 11 is 0. The van der Waals surface area contributed by atoms with Gasteiger partial charge in [-0.05, 0) is 109 Å². The van der Waals surface area contributed by atoms with Gasteiger partial charge in [0.2, 0.25) is 0 Å². The van der Waals surface area contributed by atoms with Crippen LogP contribution in [0.15, 0.2) is 109 Å². The van der Waals surface area contributed by atoms with E-state index in [4.69, 9.17) is 14.2 Å². The van der Waals surface area contributed by atoms with E-state index in [0.29, 0.717) is 19.3 Å². The zero-order valence-electron chi connectivity index (χ0n) is 54.7. The molecule has 0 N–H and O–H groups in total. The number of carbonyl (C=O) groups is 3. The highest BCUT2D eigenvalue weighted by atomic mass is 16.6. The summed E-state index contributed by atoms with van der Waals surface area (Å²) in [7, 11) is 0. The first-order valence-electron chi connectivity index (χ1n) is 35.4. The maximum Gasteiger partial charge on any atom is 0.306 e. The lowest BCUT2D eigenvalue weighted by molar-refractivity contribution is -0.166. The lowest BCUT2D eigenvalue weighted by atomic mass is 10.0. The molecule has 0 spiro atoms. The van der Waals surface area contributed by atoms with Crippen molar-refractivity contribution in [1.82, 2.24) is 0 Å². The summed E-state index contributed by atoms with van der Waals surface area (Å²) in [6.45, 7) is 6.42. The number of allylic oxidation sites excluding steroid dienone is 18. The van der Waals surface area contributed by atoms with Gasteiger partial charge in [-0.2, -0.15) is 0 Å². The van der Waals surface area contributed by atoms with Crippen molar-refractivity contribution in [2.75, 3.05) is 13.2 Å². The number of ether oxygens (including phenoxy) is 3. The standard InChI is InChI=1S/C77H132O6/c1-4-7-10-13-16-19-22-25-27-29-31-32-33-34-35-36-37-38-39-40-41-42-43-44-46-47-49-52-55-58-61-64-67-70-76(79)82-73-74(72-81-75(78)69-66-63-60-57-54-51-24-21-18-15-12-9-6-3)83-77(80)71-68-65-62-59-56-53-50-48-45-30-28-26-23-20-17-14-11-8-5-2/h8,11-12,15,17,20-21,24,26,28-29,31,45,48,53,56,62,65,74H,4-7,9-10,13-14,16,18-19,22-23,25,27,30,32-44,46-47,49-52,54-55,57-61,63-64,66-73H2,1-3H3/b11-8-,15-12-,20-17-,24-21-,28-26-,31-29-,48-45-,56-53-,65-62-. The van der Waals surface area contributed by atoms with E-state index in [1.54, 1.807) is 0 Å². The fraction of sp³-hybridized carbons (Fsp3) is 0.727. The van der Waals surface area contributed by atoms with Gasteiger partial charge in [0.25, 0.3) is 0 Å². The van der Waals surface area contributed by atoms with Crippen molar-refractivity contribution < 1.29 is 28.6 Å². The predicted octanol–water partition coefficient (Wildman–Crippen LogP) is 24.6. The van der Waals surface area contributed by atoms with Crippen LogP contribution < -0.4 is 0 Å². The largest absolute Gasteiger partial charge is 0.462 e. The summed E-state index contributed by atoms with van der Waals surface area (Å²) in [4.78, 5) is 38.3. The second-order valence-electron chi connectivity index (χ2n) is 23.4. The van der Waals surface area contributed by atoms with Crippen LogP contribution in [-0.2, 0) is 28.6 Å². The zero-order valence-corrected chi connectivity index (χ0v) is 54.7. The lowest BCUT2D eigenvalue weighted by Crippen LogP contribution is -2.30. The molecule has 1 atom stereocenters. The number of hydrogen-bond donors (Lipinski definition) is 0. The molecule has 0 fully saturated rings. The summed E-state index contributed by atoms with van der Waals surface area (Å²) in [5.41, 5.74) is 0. The Morgan fingerprint density at radius 2 is 0.518 bits per heavy atom. The first-order chi connectivity index (χ1) is 41.0. The lowest BCUT2D eigenvalue weighted by Gasteiger charge is -2.18. The van der Waals surface area contributed by atoms with Crippen molar-refractivity contribution in [2.24, 2.45) is 0 Å². The Morgan fingerprint density at radius 1 is 0.253 bits per heavy atom. The molecule has 0 saturated carbocycles. The third-order valence-corrected chi connectivity index (χ3v) is 15.2. The van der Waals surface area contributed by atoms with E-state index < -0.39 is 12.1 Å². The molecule has 83 heavy (non-hydrogen) atoms. The number of unbranched alkanes of at least 4 members (excludes halogenated alkanes) is 35. The van der Waals surface area contributed by atoms with Gasteiger partial charge < -0.3 is 14.2 Å². The molecule has 1 unspecified atom stereocenters. The van der Waals surface area contributed by atoms with Crippen molar-refractivity contribution in [1.29, 1.82) is 0 Å². The van der Waals surface area contributed by atoms with Crippen LogP contribution in [-0.4, -0.2) is 37.2 Å². The van der Waals surface area contributed by atoms with Crippen LogP contribution in [0.5, 0.6) is 0 Å². The highest BCUT2D eigenvalue weighted by molar-refractivity contribution is 5.71. The van der Waals surface area contributed by atoms with Crippen molar-refractivity contribution in [3.63, 3.8) is 0 Å². The van der Waals surface area contributed by atoms with E-state index in [0.717, 1.165) is 109 Å². The minimum absolute atomic E-state index is 0.112. The van der Waals surface area contributed by atoms with Gasteiger partial charge >= 0.3 is 17.9 Å². The van der Waals surface area contributed by atoms with Gasteiger partial charge in [-0.15, -0.1) is 0 Å². The number of hydrogen-bond acceptors (Lipinski definition) is 6. The molecule has 0 aromatic heterocycles. The van der Waals surface area contributed by atoms with Crippen molar-refractivity contribution in [3.8, 4) is 0 Å². The highest BCUT2D eigenvalue weighted by Gasteiger charge is 2.19. The SMILES string of the molecule is CC/C=C\C/C=C\C/C=C\C/C=C\C/C=C\C/C=C\CCC(=O)OC(COC(=O)CCCCCCC/C=C\C/C=C\CCC)COC(=O)CCCCCCCCCCCCCCCCCCCCCCC/C=C\CCCCCCCCCC. The molecule has 476 valence electrons. The summed E-state index contributed by atoms with van der Waals surface area (Å²) in [6.07, 6.45) is 97.3. The minimum atomic E-state index is -0.826. The Morgan fingerprint density at radius 3 is 0.843 bits per heavy atom. The third-order valence-electron chi connectivity index (χ3n) is 15.2. The summed E-state index contributed by atoms with van der Waals surface area (Å²) in [5.74, 6) is -1.00. The molecule has 0 aromatic rings. The van der Waals surface area contributed by atoms with Crippen LogP contribution in [0.2, 0.25) is 0 Å². The van der Waals surface area contributed by atoms with Crippen molar-refractivity contribution in [2.45, 2.75) is 348 Å². The Hall–Kier alpha value is -3.93. The Kier molecular flexibility index (Phi) is 67.2. The molecule has 0 saturated heterocycles. The monoisotopic (exact) mass is 1150 g/mol. The Balaban J connectivity index is 4.23. The molecule has 0 amide bonds. The Bertz CT molecular complexity index is 1660. The smallest absolute Gasteiger partial charge is 0.306 e. The van der Waals surface area contributed by atoms with Crippen LogP contribution in [0.4, 0.5) is 0 Å². The highest BCUT2D eigenvalue weighted by Crippen LogP contribution is 2.17. The molecule has 0 rings (SSSR count). The summed E-state index contributed by atoms with van der Waals surface area (Å²) in [5, 5.41) is 0. The van der Waals surface area contributed by atoms with E-state index in [1.165, 1.54) is 186 Å². The van der Waals surface area contributed by atoms with Gasteiger partial charge in [-0.25, -0.2) is 0 Å². The Labute approximate surface area is 514 Å². The van der Waals surface area contributed by atoms with Gasteiger partial charge in [0, 0.05) is 19.3 Å².